The highest BCUT2D eigenvalue weighted by atomic mass is 35.5. The third-order valence-corrected chi connectivity index (χ3v) is 6.33. The van der Waals surface area contributed by atoms with Gasteiger partial charge in [0, 0.05) is 0 Å². The van der Waals surface area contributed by atoms with E-state index in [0.29, 0.717) is 32.2 Å². The minimum absolute atomic E-state index is 0.0177. The van der Waals surface area contributed by atoms with E-state index in [2.05, 4.69) is 5.43 Å². The van der Waals surface area contributed by atoms with Gasteiger partial charge in [-0.2, -0.15) is 0 Å². The van der Waals surface area contributed by atoms with Gasteiger partial charge in [0.15, 0.2) is 5.50 Å². The van der Waals surface area contributed by atoms with Crippen LogP contribution in [0.4, 0.5) is 5.69 Å². The van der Waals surface area contributed by atoms with Gasteiger partial charge in [-0.3, -0.25) is 4.79 Å². The van der Waals surface area contributed by atoms with Crippen LogP contribution in [0.2, 0.25) is 4.34 Å². The first-order chi connectivity index (χ1) is 16.5. The van der Waals surface area contributed by atoms with Crippen LogP contribution in [0.1, 0.15) is 15.4 Å². The van der Waals surface area contributed by atoms with Crippen LogP contribution in [-0.2, 0) is 11.3 Å². The van der Waals surface area contributed by atoms with E-state index in [4.69, 9.17) is 25.5 Å². The monoisotopic (exact) mass is 518 g/mol. The van der Waals surface area contributed by atoms with Gasteiger partial charge in [-0.15, -0.1) is 11.3 Å². The van der Waals surface area contributed by atoms with Crippen LogP contribution in [0.25, 0.3) is 0 Å². The zero-order chi connectivity index (χ0) is 23.9. The number of hydrogen-bond acceptors (Lipinski definition) is 8. The van der Waals surface area contributed by atoms with Crippen LogP contribution in [0, 0.1) is 0 Å². The number of nitrogens with zero attached hydrogens (tertiary/aromatic N) is 1. The number of carbonyl (C=O) groups excluding carboxylic acids is 1. The number of rotatable bonds is 10. The summed E-state index contributed by atoms with van der Waals surface area (Å²) in [6.45, 7) is 0.0586. The standard InChI is InChI=1S/C23H20ClN2O6PS/c24-21-12-11-20(34-21)23(27)26(25-15-30-14-19-10-13-22(32-19)33(28)29)16-6-8-18(9-7-16)31-17-4-2-1-3-5-17/h1-13,25,28-29H,14-15H2. The zero-order valence-electron chi connectivity index (χ0n) is 17.6. The van der Waals surface area contributed by atoms with Crippen molar-refractivity contribution in [3.05, 3.63) is 93.8 Å². The predicted octanol–water partition coefficient (Wildman–Crippen LogP) is 5.03. The summed E-state index contributed by atoms with van der Waals surface area (Å²) in [5, 5.41) is 1.36. The van der Waals surface area contributed by atoms with Gasteiger partial charge in [0.05, 0.1) is 14.9 Å². The third-order valence-electron chi connectivity index (χ3n) is 4.47. The highest BCUT2D eigenvalue weighted by molar-refractivity contribution is 7.53. The number of anilines is 1. The largest absolute Gasteiger partial charge is 0.457 e. The van der Waals surface area contributed by atoms with Crippen molar-refractivity contribution in [2.24, 2.45) is 0 Å². The van der Waals surface area contributed by atoms with E-state index in [1.165, 1.54) is 22.4 Å². The molecule has 2 aromatic carbocycles. The summed E-state index contributed by atoms with van der Waals surface area (Å²) in [7, 11) is -2.30. The lowest BCUT2D eigenvalue weighted by Crippen LogP contribution is -2.44. The van der Waals surface area contributed by atoms with Gasteiger partial charge >= 0.3 is 0 Å². The van der Waals surface area contributed by atoms with Gasteiger partial charge in [0.1, 0.15) is 30.6 Å². The first-order valence-corrected chi connectivity index (χ1v) is 12.4. The minimum Gasteiger partial charge on any atom is -0.457 e. The van der Waals surface area contributed by atoms with Crippen molar-refractivity contribution in [2.75, 3.05) is 11.7 Å². The maximum Gasteiger partial charge on any atom is 0.282 e. The number of carbonyl (C=O) groups is 1. The highest BCUT2D eigenvalue weighted by Crippen LogP contribution is 2.27. The van der Waals surface area contributed by atoms with Gasteiger partial charge in [0.25, 0.3) is 5.91 Å². The van der Waals surface area contributed by atoms with E-state index in [1.807, 2.05) is 30.3 Å². The molecule has 0 bridgehead atoms. The quantitative estimate of drug-likeness (QED) is 0.117. The Balaban J connectivity index is 1.43. The second-order valence-corrected chi connectivity index (χ2v) is 9.57. The first-order valence-electron chi connectivity index (χ1n) is 10.0. The summed E-state index contributed by atoms with van der Waals surface area (Å²) in [4.78, 5) is 32.0. The topological polar surface area (TPSA) is 104 Å². The van der Waals surface area contributed by atoms with Crippen LogP contribution >= 0.6 is 31.3 Å². The summed E-state index contributed by atoms with van der Waals surface area (Å²) in [5.41, 5.74) is 3.62. The Morgan fingerprint density at radius 3 is 2.38 bits per heavy atom. The number of furan rings is 1. The average molecular weight is 519 g/mol. The number of hydrazine groups is 1. The van der Waals surface area contributed by atoms with Crippen LogP contribution in [0.3, 0.4) is 0 Å². The number of amides is 1. The molecule has 0 aliphatic rings. The molecule has 4 rings (SSSR count). The molecule has 2 aromatic heterocycles. The summed E-state index contributed by atoms with van der Waals surface area (Å²) in [6, 6.07) is 22.8. The molecule has 0 fully saturated rings. The van der Waals surface area contributed by atoms with Crippen LogP contribution in [-0.4, -0.2) is 22.4 Å². The molecule has 4 aromatic rings. The molecule has 0 saturated heterocycles. The molecule has 2 heterocycles. The van der Waals surface area contributed by atoms with Gasteiger partial charge < -0.3 is 23.7 Å². The van der Waals surface area contributed by atoms with Gasteiger partial charge in [-0.25, -0.2) is 10.4 Å². The molecule has 1 amide bonds. The van der Waals surface area contributed by atoms with Crippen LogP contribution in [0.5, 0.6) is 11.5 Å². The van der Waals surface area contributed by atoms with Crippen LogP contribution in [0.15, 0.2) is 83.3 Å². The fraction of sp³-hybridized carbons (Fsp3) is 0.0870. The zero-order valence-corrected chi connectivity index (χ0v) is 20.1. The van der Waals surface area contributed by atoms with Gasteiger partial charge in [0.2, 0.25) is 8.38 Å². The van der Waals surface area contributed by atoms with Crippen molar-refractivity contribution in [3.63, 3.8) is 0 Å². The van der Waals surface area contributed by atoms with E-state index in [-0.39, 0.29) is 24.7 Å². The molecule has 3 N–H and O–H groups in total. The molecular formula is C23H20ClN2O6PS. The van der Waals surface area contributed by atoms with Crippen molar-refractivity contribution in [1.29, 1.82) is 0 Å². The second kappa shape index (κ2) is 11.6. The molecule has 0 radical (unpaired) electrons. The number of benzene rings is 2. The third kappa shape index (κ3) is 6.43. The Labute approximate surface area is 205 Å². The molecule has 0 aliphatic carbocycles. The van der Waals surface area contributed by atoms with E-state index in [1.54, 1.807) is 42.5 Å². The van der Waals surface area contributed by atoms with Gasteiger partial charge in [-0.1, -0.05) is 29.8 Å². The maximum absolute atomic E-state index is 13.1. The SMILES string of the molecule is O=C(c1ccc(Cl)s1)N(NCOCc1ccc(P(O)O)o1)c1ccc(Oc2ccccc2)cc1. The van der Waals surface area contributed by atoms with Crippen molar-refractivity contribution >= 4 is 48.4 Å². The minimum atomic E-state index is -2.30. The number of hydrogen-bond donors (Lipinski definition) is 3. The molecular weight excluding hydrogens is 499 g/mol. The number of nitrogens with one attached hydrogen (secondary N) is 1. The number of thiophene rings is 1. The van der Waals surface area contributed by atoms with Crippen molar-refractivity contribution in [3.8, 4) is 11.5 Å². The Morgan fingerprint density at radius 2 is 1.74 bits per heavy atom. The number of ether oxygens (including phenoxy) is 2. The Kier molecular flexibility index (Phi) is 8.31. The average Bonchev–Trinajstić information content (AvgIpc) is 3.50. The molecule has 176 valence electrons. The Bertz CT molecular complexity index is 1220. The van der Waals surface area contributed by atoms with Crippen molar-refractivity contribution < 1.29 is 28.5 Å². The smallest absolute Gasteiger partial charge is 0.282 e. The van der Waals surface area contributed by atoms with E-state index in [0.717, 1.165) is 0 Å². The van der Waals surface area contributed by atoms with Gasteiger partial charge in [-0.05, 0) is 60.7 Å². The van der Waals surface area contributed by atoms with E-state index < -0.39 is 8.38 Å². The summed E-state index contributed by atoms with van der Waals surface area (Å²) in [6.07, 6.45) is 0. The van der Waals surface area contributed by atoms with E-state index in [9.17, 15) is 14.6 Å². The predicted molar refractivity (Wildman–Crippen MR) is 132 cm³/mol. The van der Waals surface area contributed by atoms with Crippen LogP contribution < -0.4 is 20.7 Å². The summed E-state index contributed by atoms with van der Waals surface area (Å²) in [5.74, 6) is 1.46. The molecule has 0 saturated carbocycles. The lowest BCUT2D eigenvalue weighted by molar-refractivity contribution is 0.0795. The normalized spacial score (nSPS) is 11.1. The summed E-state index contributed by atoms with van der Waals surface area (Å²) < 4.78 is 17.2. The molecule has 0 atom stereocenters. The summed E-state index contributed by atoms with van der Waals surface area (Å²) >= 11 is 7.19. The second-order valence-electron chi connectivity index (χ2n) is 6.83. The molecule has 0 unspecified atom stereocenters. The molecule has 11 heteroatoms. The maximum atomic E-state index is 13.1. The first kappa shape index (κ1) is 24.4. The number of para-hydroxylation sites is 1. The lowest BCUT2D eigenvalue weighted by atomic mass is 10.2. The van der Waals surface area contributed by atoms with E-state index >= 15 is 0 Å². The Hall–Kier alpha value is -2.75. The number of halogens is 1. The highest BCUT2D eigenvalue weighted by Gasteiger charge is 2.20. The lowest BCUT2D eigenvalue weighted by Gasteiger charge is -2.23. The Morgan fingerprint density at radius 1 is 1.00 bits per heavy atom. The van der Waals surface area contributed by atoms with Crippen molar-refractivity contribution in [2.45, 2.75) is 6.61 Å². The molecule has 0 aliphatic heterocycles. The fourth-order valence-electron chi connectivity index (χ4n) is 2.92. The molecule has 8 nitrogen and oxygen atoms in total. The molecule has 0 spiro atoms. The van der Waals surface area contributed by atoms with Crippen molar-refractivity contribution in [1.82, 2.24) is 5.43 Å². The fourth-order valence-corrected chi connectivity index (χ4v) is 4.30. The molecule has 34 heavy (non-hydrogen) atoms.